The Hall–Kier alpha value is -1.84. The van der Waals surface area contributed by atoms with Crippen molar-refractivity contribution in [2.75, 3.05) is 18.9 Å². The number of carbonyl (C=O) groups is 1. The fourth-order valence-corrected chi connectivity index (χ4v) is 2.25. The minimum Gasteiger partial charge on any atom is -0.325 e. The van der Waals surface area contributed by atoms with Crippen molar-refractivity contribution < 1.29 is 4.79 Å². The summed E-state index contributed by atoms with van der Waals surface area (Å²) in [6, 6.07) is 15.6. The van der Waals surface area contributed by atoms with Crippen molar-refractivity contribution in [3.63, 3.8) is 0 Å². The highest BCUT2D eigenvalue weighted by molar-refractivity contribution is 6.31. The third kappa shape index (κ3) is 4.88. The Kier molecular flexibility index (Phi) is 5.37. The van der Waals surface area contributed by atoms with Gasteiger partial charge >= 0.3 is 0 Å². The van der Waals surface area contributed by atoms with E-state index in [-0.39, 0.29) is 5.91 Å². The predicted octanol–water partition coefficient (Wildman–Crippen LogP) is 3.72. The van der Waals surface area contributed by atoms with E-state index >= 15 is 0 Å². The summed E-state index contributed by atoms with van der Waals surface area (Å²) in [6.45, 7) is 3.00. The van der Waals surface area contributed by atoms with Gasteiger partial charge in [0.25, 0.3) is 0 Å². The summed E-state index contributed by atoms with van der Waals surface area (Å²) < 4.78 is 0. The lowest BCUT2D eigenvalue weighted by molar-refractivity contribution is -0.117. The Morgan fingerprint density at radius 1 is 1.19 bits per heavy atom. The summed E-state index contributed by atoms with van der Waals surface area (Å²) in [6.07, 6.45) is 0. The monoisotopic (exact) mass is 302 g/mol. The van der Waals surface area contributed by atoms with Crippen LogP contribution in [0.4, 0.5) is 5.69 Å². The Morgan fingerprint density at radius 2 is 1.90 bits per heavy atom. The second-order valence-corrected chi connectivity index (χ2v) is 5.58. The van der Waals surface area contributed by atoms with Crippen molar-refractivity contribution >= 4 is 23.2 Å². The molecule has 0 aliphatic heterocycles. The van der Waals surface area contributed by atoms with E-state index in [1.807, 2.05) is 61.3 Å². The van der Waals surface area contributed by atoms with Gasteiger partial charge in [-0.15, -0.1) is 0 Å². The van der Waals surface area contributed by atoms with Crippen LogP contribution in [0.1, 0.15) is 11.1 Å². The van der Waals surface area contributed by atoms with Crippen LogP contribution in [0, 0.1) is 6.92 Å². The molecule has 4 heteroatoms. The molecule has 0 unspecified atom stereocenters. The lowest BCUT2D eigenvalue weighted by Gasteiger charge is -2.16. The maximum absolute atomic E-state index is 12.0. The standard InChI is InChI=1S/C17H19ClN2O/c1-13-8-9-15(10-16(13)18)19-17(21)12-20(2)11-14-6-4-3-5-7-14/h3-10H,11-12H2,1-2H3,(H,19,21). The van der Waals surface area contributed by atoms with Crippen LogP contribution in [-0.2, 0) is 11.3 Å². The molecule has 0 atom stereocenters. The molecule has 110 valence electrons. The van der Waals surface area contributed by atoms with E-state index in [0.29, 0.717) is 11.6 Å². The van der Waals surface area contributed by atoms with E-state index in [9.17, 15) is 4.79 Å². The summed E-state index contributed by atoms with van der Waals surface area (Å²) in [7, 11) is 1.93. The SMILES string of the molecule is Cc1ccc(NC(=O)CN(C)Cc2ccccc2)cc1Cl. The molecule has 1 amide bonds. The number of likely N-dealkylation sites (N-methyl/N-ethyl adjacent to an activating group) is 1. The lowest BCUT2D eigenvalue weighted by atomic mass is 10.2. The van der Waals surface area contributed by atoms with E-state index < -0.39 is 0 Å². The molecule has 0 bridgehead atoms. The number of nitrogens with one attached hydrogen (secondary N) is 1. The van der Waals surface area contributed by atoms with Crippen LogP contribution < -0.4 is 5.32 Å². The summed E-state index contributed by atoms with van der Waals surface area (Å²) >= 11 is 6.05. The van der Waals surface area contributed by atoms with Gasteiger partial charge in [0.05, 0.1) is 6.54 Å². The Labute approximate surface area is 130 Å². The molecule has 0 radical (unpaired) electrons. The van der Waals surface area contributed by atoms with Crippen LogP contribution >= 0.6 is 11.6 Å². The molecule has 2 rings (SSSR count). The van der Waals surface area contributed by atoms with E-state index in [0.717, 1.165) is 17.8 Å². The van der Waals surface area contributed by atoms with Gasteiger partial charge in [-0.1, -0.05) is 48.0 Å². The first-order valence-electron chi connectivity index (χ1n) is 6.83. The number of benzene rings is 2. The van der Waals surface area contributed by atoms with Crippen LogP contribution in [0.25, 0.3) is 0 Å². The zero-order valence-electron chi connectivity index (χ0n) is 12.3. The van der Waals surface area contributed by atoms with Crippen molar-refractivity contribution in [1.29, 1.82) is 0 Å². The van der Waals surface area contributed by atoms with E-state index in [1.165, 1.54) is 5.56 Å². The largest absolute Gasteiger partial charge is 0.325 e. The molecular formula is C17H19ClN2O. The van der Waals surface area contributed by atoms with Gasteiger partial charge in [-0.2, -0.15) is 0 Å². The van der Waals surface area contributed by atoms with Crippen LogP contribution in [0.3, 0.4) is 0 Å². The molecular weight excluding hydrogens is 284 g/mol. The fraction of sp³-hybridized carbons (Fsp3) is 0.235. The molecule has 0 aliphatic rings. The van der Waals surface area contributed by atoms with Gasteiger partial charge in [-0.25, -0.2) is 0 Å². The van der Waals surface area contributed by atoms with Crippen LogP contribution in [0.2, 0.25) is 5.02 Å². The molecule has 2 aromatic carbocycles. The van der Waals surface area contributed by atoms with E-state index in [4.69, 9.17) is 11.6 Å². The molecule has 3 nitrogen and oxygen atoms in total. The maximum atomic E-state index is 12.0. The minimum atomic E-state index is -0.0478. The Bertz CT molecular complexity index is 613. The average Bonchev–Trinajstić information content (AvgIpc) is 2.43. The lowest BCUT2D eigenvalue weighted by Crippen LogP contribution is -2.29. The van der Waals surface area contributed by atoms with Gasteiger partial charge in [-0.3, -0.25) is 9.69 Å². The third-order valence-corrected chi connectivity index (χ3v) is 3.57. The summed E-state index contributed by atoms with van der Waals surface area (Å²) in [5, 5.41) is 3.52. The number of hydrogen-bond acceptors (Lipinski definition) is 2. The quantitative estimate of drug-likeness (QED) is 0.913. The van der Waals surface area contributed by atoms with Crippen LogP contribution in [0.15, 0.2) is 48.5 Å². The predicted molar refractivity (Wildman–Crippen MR) is 87.6 cm³/mol. The van der Waals surface area contributed by atoms with Gasteiger partial charge in [0.1, 0.15) is 0 Å². The maximum Gasteiger partial charge on any atom is 0.238 e. The summed E-state index contributed by atoms with van der Waals surface area (Å²) in [4.78, 5) is 14.0. The van der Waals surface area contributed by atoms with Crippen molar-refractivity contribution in [1.82, 2.24) is 4.90 Å². The second kappa shape index (κ2) is 7.25. The molecule has 2 aromatic rings. The third-order valence-electron chi connectivity index (χ3n) is 3.16. The first kappa shape index (κ1) is 15.5. The molecule has 0 aliphatic carbocycles. The van der Waals surface area contributed by atoms with Gasteiger partial charge < -0.3 is 5.32 Å². The van der Waals surface area contributed by atoms with Crippen molar-refractivity contribution in [3.05, 3.63) is 64.7 Å². The molecule has 1 N–H and O–H groups in total. The number of hydrogen-bond donors (Lipinski definition) is 1. The van der Waals surface area contributed by atoms with E-state index in [2.05, 4.69) is 5.32 Å². The van der Waals surface area contributed by atoms with Gasteiger partial charge in [0.15, 0.2) is 0 Å². The second-order valence-electron chi connectivity index (χ2n) is 5.17. The van der Waals surface area contributed by atoms with Crippen molar-refractivity contribution in [2.45, 2.75) is 13.5 Å². The number of nitrogens with zero attached hydrogens (tertiary/aromatic N) is 1. The smallest absolute Gasteiger partial charge is 0.238 e. The highest BCUT2D eigenvalue weighted by Gasteiger charge is 2.08. The number of halogens is 1. The average molecular weight is 303 g/mol. The minimum absolute atomic E-state index is 0.0478. The highest BCUT2D eigenvalue weighted by atomic mass is 35.5. The highest BCUT2D eigenvalue weighted by Crippen LogP contribution is 2.19. The summed E-state index contributed by atoms with van der Waals surface area (Å²) in [5.74, 6) is -0.0478. The van der Waals surface area contributed by atoms with E-state index in [1.54, 1.807) is 6.07 Å². The number of carbonyl (C=O) groups excluding carboxylic acids is 1. The molecule has 21 heavy (non-hydrogen) atoms. The molecule has 0 fully saturated rings. The number of rotatable bonds is 5. The zero-order valence-corrected chi connectivity index (χ0v) is 13.0. The summed E-state index contributed by atoms with van der Waals surface area (Å²) in [5.41, 5.74) is 2.91. The topological polar surface area (TPSA) is 32.3 Å². The number of anilines is 1. The molecule has 0 saturated carbocycles. The van der Waals surface area contributed by atoms with Gasteiger partial charge in [0.2, 0.25) is 5.91 Å². The normalized spacial score (nSPS) is 10.7. The van der Waals surface area contributed by atoms with Crippen LogP contribution in [-0.4, -0.2) is 24.4 Å². The van der Waals surface area contributed by atoms with Crippen LogP contribution in [0.5, 0.6) is 0 Å². The van der Waals surface area contributed by atoms with Crippen molar-refractivity contribution in [3.8, 4) is 0 Å². The van der Waals surface area contributed by atoms with Gasteiger partial charge in [-0.05, 0) is 37.2 Å². The first-order valence-corrected chi connectivity index (χ1v) is 7.21. The fourth-order valence-electron chi connectivity index (χ4n) is 2.07. The molecule has 0 spiro atoms. The first-order chi connectivity index (χ1) is 10.0. The number of aryl methyl sites for hydroxylation is 1. The molecule has 0 saturated heterocycles. The molecule has 0 aromatic heterocycles. The zero-order chi connectivity index (χ0) is 15.2. The van der Waals surface area contributed by atoms with Gasteiger partial charge in [0, 0.05) is 17.3 Å². The number of amides is 1. The Balaban J connectivity index is 1.87. The molecule has 0 heterocycles. The van der Waals surface area contributed by atoms with Crippen molar-refractivity contribution in [2.24, 2.45) is 0 Å². The Morgan fingerprint density at radius 3 is 2.57 bits per heavy atom.